The van der Waals surface area contributed by atoms with Gasteiger partial charge in [-0.1, -0.05) is 127 Å². The molecule has 0 radical (unpaired) electrons. The molecule has 0 fully saturated rings. The summed E-state index contributed by atoms with van der Waals surface area (Å²) in [5, 5.41) is 12.2. The zero-order valence-electron chi connectivity index (χ0n) is 27.1. The maximum absolute atomic E-state index is 6.59. The molecule has 0 saturated carbocycles. The standard InChI is InChI=1S/C48H29NO/c1-2-14-34(15-3-1)49-43-21-11-10-16-35(43)40-29-46-42(28-44(40)49)41-27-33(24-25-45(41)50-46)48-38-19-8-6-17-36(38)47(37-18-7-9-20-39(37)48)32-23-22-30-12-4-5-13-31(30)26-32/h1-29H. The van der Waals surface area contributed by atoms with Crippen LogP contribution >= 0.6 is 0 Å². The maximum Gasteiger partial charge on any atom is 0.136 e. The SMILES string of the molecule is c1ccc(-n2c3ccccc3c3cc4oc5ccc(-c6c7ccccc7c(-c7ccc8ccccc8c7)c7ccccc67)cc5c4cc32)cc1. The van der Waals surface area contributed by atoms with Crippen molar-refractivity contribution in [1.82, 2.24) is 4.57 Å². The van der Waals surface area contributed by atoms with E-state index in [1.807, 2.05) is 0 Å². The van der Waals surface area contributed by atoms with Gasteiger partial charge in [-0.3, -0.25) is 0 Å². The summed E-state index contributed by atoms with van der Waals surface area (Å²) in [6.07, 6.45) is 0. The number of hydrogen-bond acceptors (Lipinski definition) is 1. The molecule has 0 aliphatic heterocycles. The van der Waals surface area contributed by atoms with Crippen LogP contribution < -0.4 is 0 Å². The molecular formula is C48H29NO. The zero-order chi connectivity index (χ0) is 32.8. The average Bonchev–Trinajstić information content (AvgIpc) is 3.70. The molecule has 0 atom stereocenters. The van der Waals surface area contributed by atoms with E-state index in [1.165, 1.54) is 76.4 Å². The van der Waals surface area contributed by atoms with Gasteiger partial charge in [0.15, 0.2) is 0 Å². The molecule has 232 valence electrons. The molecule has 0 amide bonds. The second-order valence-corrected chi connectivity index (χ2v) is 13.3. The molecule has 0 aliphatic rings. The highest BCUT2D eigenvalue weighted by Crippen LogP contribution is 2.46. The van der Waals surface area contributed by atoms with E-state index in [9.17, 15) is 0 Å². The number of furan rings is 1. The Hall–Kier alpha value is -6.64. The van der Waals surface area contributed by atoms with Gasteiger partial charge in [0.25, 0.3) is 0 Å². The van der Waals surface area contributed by atoms with Crippen LogP contribution in [0.15, 0.2) is 180 Å². The Morgan fingerprint density at radius 1 is 0.320 bits per heavy atom. The number of fused-ring (bicyclic) bond motifs is 9. The molecule has 0 saturated heterocycles. The summed E-state index contributed by atoms with van der Waals surface area (Å²) in [6, 6.07) is 63.8. The zero-order valence-corrected chi connectivity index (χ0v) is 27.1. The normalized spacial score (nSPS) is 12.0. The van der Waals surface area contributed by atoms with Gasteiger partial charge in [0.05, 0.1) is 11.0 Å². The summed E-state index contributed by atoms with van der Waals surface area (Å²) >= 11 is 0. The van der Waals surface area contributed by atoms with E-state index in [4.69, 9.17) is 4.42 Å². The molecule has 2 heterocycles. The fraction of sp³-hybridized carbons (Fsp3) is 0. The summed E-state index contributed by atoms with van der Waals surface area (Å²) in [4.78, 5) is 0. The van der Waals surface area contributed by atoms with E-state index in [0.717, 1.165) is 27.6 Å². The van der Waals surface area contributed by atoms with Crippen molar-refractivity contribution in [1.29, 1.82) is 0 Å². The first-order chi connectivity index (χ1) is 24.8. The molecule has 2 nitrogen and oxygen atoms in total. The minimum atomic E-state index is 0.897. The van der Waals surface area contributed by atoms with Crippen molar-refractivity contribution in [2.24, 2.45) is 0 Å². The summed E-state index contributed by atoms with van der Waals surface area (Å²) in [7, 11) is 0. The van der Waals surface area contributed by atoms with Crippen molar-refractivity contribution >= 4 is 76.1 Å². The van der Waals surface area contributed by atoms with Crippen molar-refractivity contribution in [3.63, 3.8) is 0 Å². The first-order valence-corrected chi connectivity index (χ1v) is 17.2. The smallest absolute Gasteiger partial charge is 0.136 e. The van der Waals surface area contributed by atoms with Crippen LogP contribution in [0.3, 0.4) is 0 Å². The molecule has 0 spiro atoms. The van der Waals surface area contributed by atoms with Crippen LogP contribution in [-0.4, -0.2) is 4.57 Å². The predicted octanol–water partition coefficient (Wildman–Crippen LogP) is 13.5. The third kappa shape index (κ3) is 3.90. The number of nitrogens with zero attached hydrogens (tertiary/aromatic N) is 1. The summed E-state index contributed by atoms with van der Waals surface area (Å²) in [5.74, 6) is 0. The van der Waals surface area contributed by atoms with Gasteiger partial charge in [0.1, 0.15) is 11.2 Å². The first-order valence-electron chi connectivity index (χ1n) is 17.2. The Morgan fingerprint density at radius 3 is 1.60 bits per heavy atom. The number of aromatic nitrogens is 1. The van der Waals surface area contributed by atoms with Gasteiger partial charge < -0.3 is 8.98 Å². The van der Waals surface area contributed by atoms with Gasteiger partial charge in [0.2, 0.25) is 0 Å². The molecule has 2 heteroatoms. The highest BCUT2D eigenvalue weighted by Gasteiger charge is 2.20. The third-order valence-electron chi connectivity index (χ3n) is 10.5. The second kappa shape index (κ2) is 10.4. The molecule has 50 heavy (non-hydrogen) atoms. The number of benzene rings is 9. The van der Waals surface area contributed by atoms with Crippen LogP contribution in [-0.2, 0) is 0 Å². The highest BCUT2D eigenvalue weighted by molar-refractivity contribution is 6.23. The van der Waals surface area contributed by atoms with Crippen LogP contribution in [0, 0.1) is 0 Å². The summed E-state index contributed by atoms with van der Waals surface area (Å²) in [5.41, 5.74) is 10.3. The van der Waals surface area contributed by atoms with Crippen molar-refractivity contribution in [3.8, 4) is 27.9 Å². The lowest BCUT2D eigenvalue weighted by Gasteiger charge is -2.18. The lowest BCUT2D eigenvalue weighted by molar-refractivity contribution is 0.669. The first kappa shape index (κ1) is 27.3. The van der Waals surface area contributed by atoms with Crippen LogP contribution in [0.4, 0.5) is 0 Å². The predicted molar refractivity (Wildman–Crippen MR) is 211 cm³/mol. The van der Waals surface area contributed by atoms with E-state index in [-0.39, 0.29) is 0 Å². The Balaban J connectivity index is 1.19. The van der Waals surface area contributed by atoms with E-state index < -0.39 is 0 Å². The second-order valence-electron chi connectivity index (χ2n) is 13.3. The van der Waals surface area contributed by atoms with Gasteiger partial charge in [-0.05, 0) is 103 Å². The van der Waals surface area contributed by atoms with Gasteiger partial charge in [-0.15, -0.1) is 0 Å². The van der Waals surface area contributed by atoms with E-state index in [1.54, 1.807) is 0 Å². The molecule has 2 aromatic heterocycles. The fourth-order valence-corrected chi connectivity index (χ4v) is 8.34. The topological polar surface area (TPSA) is 18.1 Å². The number of hydrogen-bond donors (Lipinski definition) is 0. The molecule has 0 N–H and O–H groups in total. The summed E-state index contributed by atoms with van der Waals surface area (Å²) in [6.45, 7) is 0. The van der Waals surface area contributed by atoms with E-state index in [0.29, 0.717) is 0 Å². The molecule has 11 rings (SSSR count). The molecule has 0 aliphatic carbocycles. The van der Waals surface area contributed by atoms with Gasteiger partial charge in [-0.25, -0.2) is 0 Å². The minimum Gasteiger partial charge on any atom is -0.456 e. The van der Waals surface area contributed by atoms with Crippen LogP contribution in [0.2, 0.25) is 0 Å². The van der Waals surface area contributed by atoms with Crippen LogP contribution in [0.5, 0.6) is 0 Å². The van der Waals surface area contributed by atoms with Crippen LogP contribution in [0.25, 0.3) is 104 Å². The molecule has 0 bridgehead atoms. The molecule has 11 aromatic rings. The third-order valence-corrected chi connectivity index (χ3v) is 10.5. The molecule has 9 aromatic carbocycles. The number of rotatable bonds is 3. The van der Waals surface area contributed by atoms with E-state index >= 15 is 0 Å². The lowest BCUT2D eigenvalue weighted by atomic mass is 9.85. The van der Waals surface area contributed by atoms with Gasteiger partial charge in [0, 0.05) is 27.2 Å². The minimum absolute atomic E-state index is 0.897. The van der Waals surface area contributed by atoms with E-state index in [2.05, 4.69) is 180 Å². The van der Waals surface area contributed by atoms with Gasteiger partial charge >= 0.3 is 0 Å². The average molecular weight is 636 g/mol. The molecule has 0 unspecified atom stereocenters. The largest absolute Gasteiger partial charge is 0.456 e. The quantitative estimate of drug-likeness (QED) is 0.177. The Kier molecular flexibility index (Phi) is 5.70. The van der Waals surface area contributed by atoms with Crippen LogP contribution in [0.1, 0.15) is 0 Å². The Morgan fingerprint density at radius 2 is 0.880 bits per heavy atom. The molecular weight excluding hydrogens is 607 g/mol. The monoisotopic (exact) mass is 635 g/mol. The van der Waals surface area contributed by atoms with Crippen molar-refractivity contribution < 1.29 is 4.42 Å². The fourth-order valence-electron chi connectivity index (χ4n) is 8.34. The number of para-hydroxylation sites is 2. The maximum atomic E-state index is 6.59. The van der Waals surface area contributed by atoms with Crippen molar-refractivity contribution in [2.75, 3.05) is 0 Å². The highest BCUT2D eigenvalue weighted by atomic mass is 16.3. The Labute approximate surface area is 288 Å². The van der Waals surface area contributed by atoms with Crippen molar-refractivity contribution in [3.05, 3.63) is 176 Å². The van der Waals surface area contributed by atoms with Crippen molar-refractivity contribution in [2.45, 2.75) is 0 Å². The lowest BCUT2D eigenvalue weighted by Crippen LogP contribution is -1.92. The summed E-state index contributed by atoms with van der Waals surface area (Å²) < 4.78 is 8.97. The Bertz CT molecular complexity index is 3090. The van der Waals surface area contributed by atoms with Gasteiger partial charge in [-0.2, -0.15) is 0 Å².